The van der Waals surface area contributed by atoms with Crippen LogP contribution in [0.4, 0.5) is 5.69 Å². The van der Waals surface area contributed by atoms with E-state index in [2.05, 4.69) is 0 Å². The molecule has 4 nitrogen and oxygen atoms in total. The Morgan fingerprint density at radius 2 is 2.27 bits per heavy atom. The van der Waals surface area contributed by atoms with Crippen molar-refractivity contribution in [1.29, 1.82) is 0 Å². The molecule has 0 saturated carbocycles. The van der Waals surface area contributed by atoms with Crippen LogP contribution in [0.5, 0.6) is 0 Å². The van der Waals surface area contributed by atoms with E-state index in [0.29, 0.717) is 16.8 Å². The van der Waals surface area contributed by atoms with Gasteiger partial charge in [-0.3, -0.25) is 14.9 Å². The van der Waals surface area contributed by atoms with Gasteiger partial charge in [-0.15, -0.1) is 11.8 Å². The van der Waals surface area contributed by atoms with Gasteiger partial charge >= 0.3 is 0 Å². The van der Waals surface area contributed by atoms with Crippen molar-refractivity contribution in [3.63, 3.8) is 0 Å². The number of hydrogen-bond donors (Lipinski definition) is 0. The second-order valence-corrected chi connectivity index (χ2v) is 3.53. The average molecular weight is 223 g/mol. The Morgan fingerprint density at radius 1 is 1.53 bits per heavy atom. The lowest BCUT2D eigenvalue weighted by Crippen LogP contribution is -1.89. The number of nitro benzene ring substituents is 1. The van der Waals surface area contributed by atoms with Gasteiger partial charge < -0.3 is 0 Å². The quantitative estimate of drug-likeness (QED) is 0.340. The van der Waals surface area contributed by atoms with E-state index in [9.17, 15) is 14.9 Å². The lowest BCUT2D eigenvalue weighted by molar-refractivity contribution is -0.384. The van der Waals surface area contributed by atoms with Crippen LogP contribution in [0.1, 0.15) is 5.56 Å². The number of non-ortho nitro benzene ring substituents is 1. The van der Waals surface area contributed by atoms with E-state index in [4.69, 9.17) is 0 Å². The van der Waals surface area contributed by atoms with Crippen molar-refractivity contribution in [3.05, 3.63) is 46.0 Å². The van der Waals surface area contributed by atoms with Crippen molar-refractivity contribution in [2.45, 2.75) is 0 Å². The van der Waals surface area contributed by atoms with Crippen LogP contribution in [0.2, 0.25) is 0 Å². The normalized spacial score (nSPS) is 11.1. The molecular weight excluding hydrogens is 214 g/mol. The summed E-state index contributed by atoms with van der Waals surface area (Å²) < 4.78 is 0. The molecule has 0 unspecified atom stereocenters. The number of benzene rings is 1. The molecule has 15 heavy (non-hydrogen) atoms. The van der Waals surface area contributed by atoms with Crippen LogP contribution in [-0.2, 0) is 4.79 Å². The number of nitrogens with zero attached hydrogens (tertiary/aromatic N) is 1. The molecule has 0 aliphatic rings. The average Bonchev–Trinajstić information content (AvgIpc) is 2.26. The molecule has 0 aromatic heterocycles. The Morgan fingerprint density at radius 3 is 2.80 bits per heavy atom. The lowest BCUT2D eigenvalue weighted by atomic mass is 10.2. The highest BCUT2D eigenvalue weighted by molar-refractivity contribution is 8.07. The van der Waals surface area contributed by atoms with E-state index < -0.39 is 4.92 Å². The van der Waals surface area contributed by atoms with E-state index >= 15 is 0 Å². The minimum absolute atomic E-state index is 0.0262. The van der Waals surface area contributed by atoms with Crippen LogP contribution in [0.15, 0.2) is 30.3 Å². The van der Waals surface area contributed by atoms with Crippen molar-refractivity contribution >= 4 is 28.6 Å². The second kappa shape index (κ2) is 5.31. The maximum absolute atomic E-state index is 10.5. The fourth-order valence-corrected chi connectivity index (χ4v) is 1.67. The molecule has 1 rings (SSSR count). The first-order chi connectivity index (χ1) is 7.19. The fourth-order valence-electron chi connectivity index (χ4n) is 1.12. The molecular formula is C10H9NO3S. The van der Waals surface area contributed by atoms with E-state index in [1.54, 1.807) is 12.1 Å². The van der Waals surface area contributed by atoms with Crippen molar-refractivity contribution < 1.29 is 9.72 Å². The molecule has 0 bridgehead atoms. The molecule has 0 amide bonds. The molecule has 0 radical (unpaired) electrons. The van der Waals surface area contributed by atoms with Crippen LogP contribution >= 0.6 is 11.8 Å². The summed E-state index contributed by atoms with van der Waals surface area (Å²) in [6.45, 7) is 0. The smallest absolute Gasteiger partial charge is 0.270 e. The molecule has 0 N–H and O–H groups in total. The van der Waals surface area contributed by atoms with Crippen LogP contribution in [0.3, 0.4) is 0 Å². The summed E-state index contributed by atoms with van der Waals surface area (Å²) in [6, 6.07) is 6.20. The van der Waals surface area contributed by atoms with Crippen molar-refractivity contribution in [3.8, 4) is 0 Å². The van der Waals surface area contributed by atoms with E-state index in [0.717, 1.165) is 0 Å². The highest BCUT2D eigenvalue weighted by atomic mass is 32.2. The topological polar surface area (TPSA) is 60.2 Å². The zero-order valence-corrected chi connectivity index (χ0v) is 8.86. The highest BCUT2D eigenvalue weighted by Crippen LogP contribution is 2.27. The molecule has 0 heterocycles. The summed E-state index contributed by atoms with van der Waals surface area (Å²) in [5.41, 5.74) is 0.710. The van der Waals surface area contributed by atoms with Crippen LogP contribution in [0, 0.1) is 10.1 Å². The van der Waals surface area contributed by atoms with Crippen LogP contribution in [0.25, 0.3) is 4.91 Å². The zero-order valence-electron chi connectivity index (χ0n) is 8.04. The Kier molecular flexibility index (Phi) is 4.05. The predicted octanol–water partition coefficient (Wildman–Crippen LogP) is 2.50. The third-order valence-corrected chi connectivity index (χ3v) is 2.59. The number of aldehydes is 1. The molecule has 0 spiro atoms. The third-order valence-electron chi connectivity index (χ3n) is 1.78. The number of carbonyl (C=O) groups is 1. The molecule has 1 aromatic carbocycles. The standard InChI is InChI=1S/C10H9NO3S/c1-15-10(5-6-12)8-3-2-4-9(7-8)11(13)14/h2-7H,1H3/b10-5+. The monoisotopic (exact) mass is 223 g/mol. The van der Waals surface area contributed by atoms with E-state index in [1.165, 1.54) is 30.0 Å². The summed E-state index contributed by atoms with van der Waals surface area (Å²) in [5.74, 6) is 0. The first kappa shape index (κ1) is 11.5. The van der Waals surface area contributed by atoms with Gasteiger partial charge in [0, 0.05) is 17.0 Å². The van der Waals surface area contributed by atoms with Gasteiger partial charge in [0.2, 0.25) is 0 Å². The highest BCUT2D eigenvalue weighted by Gasteiger charge is 2.07. The number of nitro groups is 1. The molecule has 0 fully saturated rings. The van der Waals surface area contributed by atoms with E-state index in [1.807, 2.05) is 6.26 Å². The minimum atomic E-state index is -0.456. The zero-order chi connectivity index (χ0) is 11.3. The summed E-state index contributed by atoms with van der Waals surface area (Å²) in [6.07, 6.45) is 3.88. The van der Waals surface area contributed by atoms with Crippen molar-refractivity contribution in [2.24, 2.45) is 0 Å². The maximum Gasteiger partial charge on any atom is 0.270 e. The molecule has 1 aromatic rings. The van der Waals surface area contributed by atoms with Crippen LogP contribution < -0.4 is 0 Å². The van der Waals surface area contributed by atoms with Crippen molar-refractivity contribution in [1.82, 2.24) is 0 Å². The van der Waals surface area contributed by atoms with E-state index in [-0.39, 0.29) is 5.69 Å². The van der Waals surface area contributed by atoms with Gasteiger partial charge in [-0.2, -0.15) is 0 Å². The largest absolute Gasteiger partial charge is 0.299 e. The first-order valence-corrected chi connectivity index (χ1v) is 5.35. The fraction of sp³-hybridized carbons (Fsp3) is 0.100. The summed E-state index contributed by atoms with van der Waals surface area (Å²) in [5, 5.41) is 10.5. The summed E-state index contributed by atoms with van der Waals surface area (Å²) in [4.78, 5) is 21.1. The minimum Gasteiger partial charge on any atom is -0.299 e. The Bertz CT molecular complexity index is 415. The van der Waals surface area contributed by atoms with Gasteiger partial charge in [0.05, 0.1) is 4.92 Å². The Balaban J connectivity index is 3.14. The molecule has 0 atom stereocenters. The number of allylic oxidation sites excluding steroid dienone is 1. The molecule has 0 aliphatic carbocycles. The van der Waals surface area contributed by atoms with Gasteiger partial charge in [0.1, 0.15) is 6.29 Å². The number of hydrogen-bond acceptors (Lipinski definition) is 4. The summed E-state index contributed by atoms with van der Waals surface area (Å²) >= 11 is 1.38. The third kappa shape index (κ3) is 2.92. The number of rotatable bonds is 4. The lowest BCUT2D eigenvalue weighted by Gasteiger charge is -2.02. The van der Waals surface area contributed by atoms with Gasteiger partial charge in [-0.25, -0.2) is 0 Å². The molecule has 78 valence electrons. The molecule has 0 saturated heterocycles. The predicted molar refractivity (Wildman–Crippen MR) is 60.7 cm³/mol. The Labute approximate surface area is 91.1 Å². The van der Waals surface area contributed by atoms with Crippen molar-refractivity contribution in [2.75, 3.05) is 6.26 Å². The van der Waals surface area contributed by atoms with Crippen LogP contribution in [-0.4, -0.2) is 17.5 Å². The van der Waals surface area contributed by atoms with Gasteiger partial charge in [-0.1, -0.05) is 12.1 Å². The molecule has 5 heteroatoms. The van der Waals surface area contributed by atoms with Gasteiger partial charge in [-0.05, 0) is 17.9 Å². The van der Waals surface area contributed by atoms with Gasteiger partial charge in [0.15, 0.2) is 0 Å². The number of carbonyl (C=O) groups excluding carboxylic acids is 1. The number of thioether (sulfide) groups is 1. The second-order valence-electron chi connectivity index (χ2n) is 2.68. The maximum atomic E-state index is 10.5. The Hall–Kier alpha value is -1.62. The first-order valence-electron chi connectivity index (χ1n) is 4.13. The molecule has 0 aliphatic heterocycles. The SMILES string of the molecule is CS/C(=C/C=O)c1cccc([N+](=O)[O-])c1. The van der Waals surface area contributed by atoms with Gasteiger partial charge in [0.25, 0.3) is 5.69 Å². The summed E-state index contributed by atoms with van der Waals surface area (Å²) in [7, 11) is 0.